The summed E-state index contributed by atoms with van der Waals surface area (Å²) in [4.78, 5) is 14.6. The van der Waals surface area contributed by atoms with E-state index in [1.807, 2.05) is 78.9 Å². The van der Waals surface area contributed by atoms with Crippen molar-refractivity contribution in [2.45, 2.75) is 0 Å². The molecule has 0 amide bonds. The summed E-state index contributed by atoms with van der Waals surface area (Å²) in [5, 5.41) is 14.0. The van der Waals surface area contributed by atoms with Crippen LogP contribution in [0.5, 0.6) is 0 Å². The van der Waals surface area contributed by atoms with Gasteiger partial charge in [0.2, 0.25) is 0 Å². The maximum absolute atomic E-state index is 11.6. The average molecular weight is 340 g/mol. The largest absolute Gasteiger partial charge is 0.355 e. The number of H-pyrrole nitrogens is 1. The van der Waals surface area contributed by atoms with E-state index in [2.05, 4.69) is 4.98 Å². The van der Waals surface area contributed by atoms with Gasteiger partial charge in [-0.15, -0.1) is 0 Å². The van der Waals surface area contributed by atoms with Crippen LogP contribution in [0.2, 0.25) is 0 Å². The van der Waals surface area contributed by atoms with Gasteiger partial charge in [-0.05, 0) is 23.4 Å². The quantitative estimate of drug-likeness (QED) is 0.541. The molecule has 0 bridgehead atoms. The van der Waals surface area contributed by atoms with E-state index >= 15 is 0 Å². The van der Waals surface area contributed by atoms with Crippen molar-refractivity contribution < 1.29 is 4.92 Å². The maximum Gasteiger partial charge on any atom is 0.277 e. The summed E-state index contributed by atoms with van der Waals surface area (Å²) >= 11 is 0. The number of nitrogens with one attached hydrogen (secondary N) is 1. The third kappa shape index (κ3) is 2.89. The number of hydrogen-bond acceptors (Lipinski definition) is 2. The summed E-state index contributed by atoms with van der Waals surface area (Å²) in [7, 11) is 0. The predicted octanol–water partition coefficient (Wildman–Crippen LogP) is 3.82. The molecule has 0 radical (unpaired) electrons. The smallest absolute Gasteiger partial charge is 0.277 e. The van der Waals surface area contributed by atoms with E-state index in [1.54, 1.807) is 12.1 Å². The number of allylic oxidation sites excluding steroid dienone is 5. The Morgan fingerprint density at radius 1 is 0.885 bits per heavy atom. The lowest BCUT2D eigenvalue weighted by Gasteiger charge is -1.98. The molecule has 1 aliphatic carbocycles. The number of aromatic amines is 1. The van der Waals surface area contributed by atoms with Crippen molar-refractivity contribution in [2.75, 3.05) is 0 Å². The number of fused-ring (bicyclic) bond motifs is 4. The Morgan fingerprint density at radius 2 is 1.69 bits per heavy atom. The molecule has 0 atom stereocenters. The van der Waals surface area contributed by atoms with Gasteiger partial charge in [-0.2, -0.15) is 0 Å². The fourth-order valence-corrected chi connectivity index (χ4v) is 3.15. The van der Waals surface area contributed by atoms with E-state index in [4.69, 9.17) is 0 Å². The van der Waals surface area contributed by atoms with Crippen molar-refractivity contribution in [2.24, 2.45) is 0 Å². The van der Waals surface area contributed by atoms with Gasteiger partial charge >= 0.3 is 0 Å². The van der Waals surface area contributed by atoms with Crippen molar-refractivity contribution in [1.82, 2.24) is 4.98 Å². The lowest BCUT2D eigenvalue weighted by Crippen LogP contribution is -2.27. The fourth-order valence-electron chi connectivity index (χ4n) is 3.15. The van der Waals surface area contributed by atoms with E-state index in [-0.39, 0.29) is 10.6 Å². The van der Waals surface area contributed by atoms with Crippen LogP contribution in [-0.2, 0) is 0 Å². The highest BCUT2D eigenvalue weighted by molar-refractivity contribution is 5.93. The molecule has 4 nitrogen and oxygen atoms in total. The molecule has 0 aliphatic heterocycles. The third-order valence-electron chi connectivity index (χ3n) is 4.36. The molecule has 0 saturated carbocycles. The number of non-ortho nitro benzene ring substituents is 1. The number of rotatable bonds is 1. The summed E-state index contributed by atoms with van der Waals surface area (Å²) in [6.45, 7) is 0. The standard InChI is InChI=1S/C22H16N2O2/c25-24(26)22-14-8-10-16-9-4-2-1-3-5-12-21-19(15-18(16)22)17-11-6-7-13-20(17)23-21/h1-15,23H/b2-1?,3-1+,4-2-,5-3?,9-4?,12-5-,16-9-,18-15-,19-15?,21-12?. The van der Waals surface area contributed by atoms with E-state index in [1.165, 1.54) is 0 Å². The normalized spacial score (nSPS) is 19.4. The van der Waals surface area contributed by atoms with Gasteiger partial charge in [0, 0.05) is 28.2 Å². The Balaban J connectivity index is 2.17. The fraction of sp³-hybridized carbons (Fsp3) is 0. The number of benzene rings is 2. The average Bonchev–Trinajstić information content (AvgIpc) is 2.98. The number of nitro benzene ring substituents is 1. The van der Waals surface area contributed by atoms with E-state index in [0.717, 1.165) is 27.4 Å². The molecule has 4 rings (SSSR count). The van der Waals surface area contributed by atoms with Crippen molar-refractivity contribution >= 4 is 34.8 Å². The molecular weight excluding hydrogens is 324 g/mol. The van der Waals surface area contributed by atoms with Crippen molar-refractivity contribution in [3.05, 3.63) is 105 Å². The van der Waals surface area contributed by atoms with Crippen LogP contribution in [0.1, 0.15) is 11.3 Å². The maximum atomic E-state index is 11.6. The van der Waals surface area contributed by atoms with Crippen molar-refractivity contribution in [3.63, 3.8) is 0 Å². The van der Waals surface area contributed by atoms with Gasteiger partial charge in [-0.25, -0.2) is 0 Å². The minimum Gasteiger partial charge on any atom is -0.355 e. The van der Waals surface area contributed by atoms with E-state index in [9.17, 15) is 10.1 Å². The van der Waals surface area contributed by atoms with Gasteiger partial charge in [0.25, 0.3) is 5.69 Å². The summed E-state index contributed by atoms with van der Waals surface area (Å²) in [5.41, 5.74) is 2.96. The van der Waals surface area contributed by atoms with Gasteiger partial charge in [0.1, 0.15) is 0 Å². The van der Waals surface area contributed by atoms with Crippen molar-refractivity contribution in [1.29, 1.82) is 0 Å². The summed E-state index contributed by atoms with van der Waals surface area (Å²) in [6, 6.07) is 13.1. The lowest BCUT2D eigenvalue weighted by atomic mass is 10.1. The molecule has 1 aromatic heterocycles. The molecule has 0 spiro atoms. The number of hydrogen-bond donors (Lipinski definition) is 1. The Kier molecular flexibility index (Phi) is 4.07. The van der Waals surface area contributed by atoms with Gasteiger partial charge < -0.3 is 4.98 Å². The van der Waals surface area contributed by atoms with Gasteiger partial charge in [-0.3, -0.25) is 10.1 Å². The summed E-state index contributed by atoms with van der Waals surface area (Å²) in [6.07, 6.45) is 15.4. The van der Waals surface area contributed by atoms with Gasteiger partial charge in [0.15, 0.2) is 0 Å². The number of para-hydroxylation sites is 1. The third-order valence-corrected chi connectivity index (χ3v) is 4.36. The molecule has 26 heavy (non-hydrogen) atoms. The van der Waals surface area contributed by atoms with Crippen LogP contribution in [0.25, 0.3) is 29.1 Å². The number of nitrogens with zero attached hydrogens (tertiary/aromatic N) is 1. The monoisotopic (exact) mass is 340 g/mol. The van der Waals surface area contributed by atoms with Gasteiger partial charge in [-0.1, -0.05) is 66.8 Å². The topological polar surface area (TPSA) is 58.9 Å². The molecule has 1 N–H and O–H groups in total. The zero-order valence-corrected chi connectivity index (χ0v) is 13.9. The first kappa shape index (κ1) is 15.8. The first-order chi connectivity index (χ1) is 12.7. The molecule has 2 aromatic carbocycles. The molecule has 3 aromatic rings. The van der Waals surface area contributed by atoms with Crippen LogP contribution in [-0.4, -0.2) is 9.91 Å². The molecule has 0 unspecified atom stereocenters. The zero-order valence-electron chi connectivity index (χ0n) is 13.9. The van der Waals surface area contributed by atoms with Gasteiger partial charge in [0.05, 0.1) is 10.1 Å². The molecule has 126 valence electrons. The highest BCUT2D eigenvalue weighted by Gasteiger charge is 2.12. The molecule has 0 saturated heterocycles. The Labute approximate surface area is 149 Å². The first-order valence-corrected chi connectivity index (χ1v) is 8.31. The van der Waals surface area contributed by atoms with Crippen LogP contribution in [0.3, 0.4) is 0 Å². The van der Waals surface area contributed by atoms with Crippen LogP contribution in [0, 0.1) is 10.1 Å². The van der Waals surface area contributed by atoms with Crippen molar-refractivity contribution in [3.8, 4) is 0 Å². The highest BCUT2D eigenvalue weighted by Crippen LogP contribution is 2.24. The second kappa shape index (κ2) is 6.69. The molecule has 1 heterocycles. The zero-order chi connectivity index (χ0) is 17.9. The SMILES string of the molecule is O=[N+]([O-])c1cccc2/c1=C/c1c([nH]c3ccccc13)\C=C/C=C/C=C\C=2. The lowest BCUT2D eigenvalue weighted by molar-refractivity contribution is -0.385. The minimum absolute atomic E-state index is 0.0972. The molecule has 1 aliphatic rings. The summed E-state index contributed by atoms with van der Waals surface area (Å²) < 4.78 is 0. The Hall–Kier alpha value is -3.66. The molecular formula is C22H16N2O2. The van der Waals surface area contributed by atoms with Crippen LogP contribution >= 0.6 is 0 Å². The molecule has 4 heteroatoms. The second-order valence-corrected chi connectivity index (χ2v) is 5.98. The van der Waals surface area contributed by atoms with Crippen LogP contribution < -0.4 is 10.4 Å². The van der Waals surface area contributed by atoms with Crippen LogP contribution in [0.4, 0.5) is 5.69 Å². The Bertz CT molecular complexity index is 1210. The highest BCUT2D eigenvalue weighted by atomic mass is 16.6. The van der Waals surface area contributed by atoms with E-state index in [0.29, 0.717) is 5.22 Å². The first-order valence-electron chi connectivity index (χ1n) is 8.31. The Morgan fingerprint density at radius 3 is 2.58 bits per heavy atom. The minimum atomic E-state index is -0.330. The molecule has 0 fully saturated rings. The number of aromatic nitrogens is 1. The van der Waals surface area contributed by atoms with E-state index < -0.39 is 0 Å². The second-order valence-electron chi connectivity index (χ2n) is 5.98. The number of nitro groups is 1. The summed E-state index contributed by atoms with van der Waals surface area (Å²) in [5.74, 6) is 0. The predicted molar refractivity (Wildman–Crippen MR) is 106 cm³/mol. The van der Waals surface area contributed by atoms with Crippen LogP contribution in [0.15, 0.2) is 72.8 Å².